The summed E-state index contributed by atoms with van der Waals surface area (Å²) in [7, 11) is 1.26. The molecule has 1 aromatic carbocycles. The zero-order chi connectivity index (χ0) is 19.1. The molecule has 3 rings (SSSR count). The predicted molar refractivity (Wildman–Crippen MR) is 82.5 cm³/mol. The van der Waals surface area contributed by atoms with Crippen LogP contribution in [-0.4, -0.2) is 49.1 Å². The van der Waals surface area contributed by atoms with Crippen LogP contribution in [0.3, 0.4) is 0 Å². The van der Waals surface area contributed by atoms with E-state index >= 15 is 0 Å². The molecule has 5 nitrogen and oxygen atoms in total. The smallest absolute Gasteiger partial charge is 0.407 e. The molecule has 1 aliphatic heterocycles. The Bertz CT molecular complexity index is 818. The van der Waals surface area contributed by atoms with Crippen molar-refractivity contribution < 1.29 is 16.4 Å². The first-order valence-corrected chi connectivity index (χ1v) is 6.82. The van der Waals surface area contributed by atoms with Crippen LogP contribution in [0.4, 0.5) is 4.79 Å². The molecule has 2 aromatic rings. The monoisotopic (exact) mass is 292 g/mol. The Morgan fingerprint density at radius 2 is 2.48 bits per heavy atom. The minimum absolute atomic E-state index is 0.0609. The quantitative estimate of drug-likeness (QED) is 0.885. The number of cyclic esters (lactones) is 1. The van der Waals surface area contributed by atoms with Gasteiger partial charge >= 0.3 is 6.09 Å². The highest BCUT2D eigenvalue weighted by Crippen LogP contribution is 2.21. The number of aromatic nitrogens is 1. The number of H-pyrrole nitrogens is 1. The van der Waals surface area contributed by atoms with Gasteiger partial charge in [0.15, 0.2) is 0 Å². The number of hydrogen-bond acceptors (Lipinski definition) is 3. The number of alkyl carbamates (subject to hydrolysis) is 1. The van der Waals surface area contributed by atoms with Gasteiger partial charge in [-0.3, -0.25) is 0 Å². The van der Waals surface area contributed by atoms with Crippen LogP contribution in [0.25, 0.3) is 10.9 Å². The summed E-state index contributed by atoms with van der Waals surface area (Å²) < 4.78 is 43.5. The fourth-order valence-electron chi connectivity index (χ4n) is 2.52. The number of nitrogens with zero attached hydrogens (tertiary/aromatic N) is 1. The minimum atomic E-state index is -2.51. The molecule has 1 fully saturated rings. The highest BCUT2D eigenvalue weighted by Gasteiger charge is 2.22. The lowest BCUT2D eigenvalue weighted by Crippen LogP contribution is -2.28. The van der Waals surface area contributed by atoms with Crippen LogP contribution in [0.15, 0.2) is 24.4 Å². The summed E-state index contributed by atoms with van der Waals surface area (Å²) in [5, 5.41) is 3.57. The average molecular weight is 292 g/mol. The highest BCUT2D eigenvalue weighted by atomic mass is 16.6. The van der Waals surface area contributed by atoms with Crippen molar-refractivity contribution in [1.29, 1.82) is 0 Å². The van der Waals surface area contributed by atoms with E-state index in [2.05, 4.69) is 10.3 Å². The largest absolute Gasteiger partial charge is 0.447 e. The number of nitrogens with one attached hydrogen (secondary N) is 2. The zero-order valence-electron chi connectivity index (χ0n) is 16.8. The molecule has 0 aliphatic carbocycles. The molecule has 0 radical (unpaired) electrons. The lowest BCUT2D eigenvalue weighted by atomic mass is 10.0. The van der Waals surface area contributed by atoms with Gasteiger partial charge in [-0.2, -0.15) is 0 Å². The molecule has 2 heterocycles. The lowest BCUT2D eigenvalue weighted by Gasteiger charge is -2.09. The summed E-state index contributed by atoms with van der Waals surface area (Å²) >= 11 is 0. The number of benzene rings is 1. The van der Waals surface area contributed by atoms with Crippen molar-refractivity contribution in [3.63, 3.8) is 0 Å². The third-order valence-electron chi connectivity index (χ3n) is 3.56. The van der Waals surface area contributed by atoms with Crippen molar-refractivity contribution in [2.45, 2.75) is 18.9 Å². The Labute approximate surface area is 131 Å². The molecular weight excluding hydrogens is 266 g/mol. The molecule has 0 bridgehead atoms. The van der Waals surface area contributed by atoms with Crippen LogP contribution >= 0.6 is 0 Å². The minimum Gasteiger partial charge on any atom is -0.447 e. The van der Waals surface area contributed by atoms with E-state index in [0.717, 1.165) is 21.4 Å². The van der Waals surface area contributed by atoms with Crippen LogP contribution in [0.1, 0.15) is 18.0 Å². The van der Waals surface area contributed by atoms with Gasteiger partial charge in [0.2, 0.25) is 0 Å². The fraction of sp³-hybridized carbons (Fsp3) is 0.438. The van der Waals surface area contributed by atoms with Gasteiger partial charge in [-0.05, 0) is 50.1 Å². The summed E-state index contributed by atoms with van der Waals surface area (Å²) in [5.41, 5.74) is 2.54. The fourth-order valence-corrected chi connectivity index (χ4v) is 2.52. The second kappa shape index (κ2) is 5.77. The number of hydrogen-bond donors (Lipinski definition) is 2. The van der Waals surface area contributed by atoms with E-state index in [1.165, 1.54) is 7.05 Å². The number of carbonyl (C=O) groups excluding carboxylic acids is 1. The summed E-state index contributed by atoms with van der Waals surface area (Å²) in [6, 6.07) is 5.69. The highest BCUT2D eigenvalue weighted by molar-refractivity contribution is 5.84. The average Bonchev–Trinajstić information content (AvgIpc) is 3.12. The summed E-state index contributed by atoms with van der Waals surface area (Å²) in [5.74, 6) is 0. The number of ether oxygens (including phenoxy) is 1. The molecule has 1 amide bonds. The summed E-state index contributed by atoms with van der Waals surface area (Å²) in [6.07, 6.45) is 1.84. The first kappa shape index (κ1) is 9.10. The molecule has 2 N–H and O–H groups in total. The molecule has 0 saturated carbocycles. The molecule has 5 heteroatoms. The third kappa shape index (κ3) is 3.19. The zero-order valence-corrected chi connectivity index (χ0v) is 11.8. The Morgan fingerprint density at radius 3 is 3.24 bits per heavy atom. The number of carbonyl (C=O) groups is 1. The van der Waals surface area contributed by atoms with Gasteiger partial charge in [0.05, 0.1) is 6.04 Å². The summed E-state index contributed by atoms with van der Waals surface area (Å²) in [6.45, 7) is -4.21. The van der Waals surface area contributed by atoms with Gasteiger partial charge in [0.1, 0.15) is 6.61 Å². The Kier molecular flexibility index (Phi) is 2.50. The molecule has 1 atom stereocenters. The molecule has 1 aromatic heterocycles. The third-order valence-corrected chi connectivity index (χ3v) is 3.56. The van der Waals surface area contributed by atoms with E-state index in [4.69, 9.17) is 11.6 Å². The molecule has 1 aliphatic rings. The number of fused-ring (bicyclic) bond motifs is 1. The van der Waals surface area contributed by atoms with Crippen molar-refractivity contribution in [2.75, 3.05) is 27.1 Å². The maximum absolute atomic E-state index is 11.1. The predicted octanol–water partition coefficient (Wildman–Crippen LogP) is 1.92. The normalized spacial score (nSPS) is 23.0. The van der Waals surface area contributed by atoms with Crippen molar-refractivity contribution in [3.8, 4) is 0 Å². The Hall–Kier alpha value is -2.01. The van der Waals surface area contributed by atoms with Gasteiger partial charge in [0, 0.05) is 30.5 Å². The van der Waals surface area contributed by atoms with E-state index in [0.29, 0.717) is 18.6 Å². The maximum atomic E-state index is 11.1. The number of rotatable bonds is 5. The van der Waals surface area contributed by atoms with Gasteiger partial charge in [-0.15, -0.1) is 0 Å². The molecule has 21 heavy (non-hydrogen) atoms. The summed E-state index contributed by atoms with van der Waals surface area (Å²) in [4.78, 5) is 15.0. The second-order valence-corrected chi connectivity index (χ2v) is 5.23. The SMILES string of the molecule is [2H]C([2H])([2H])N(C)C([2H])([2H])Cc1c[nH]c2ccc(C[C@H]3COC(=O)N3)cc12. The van der Waals surface area contributed by atoms with Crippen LogP contribution in [0, 0.1) is 0 Å². The van der Waals surface area contributed by atoms with Gasteiger partial charge in [-0.25, -0.2) is 4.79 Å². The first-order chi connectivity index (χ1) is 12.1. The molecule has 112 valence electrons. The first-order valence-electron chi connectivity index (χ1n) is 9.32. The van der Waals surface area contributed by atoms with Crippen LogP contribution in [0.5, 0.6) is 0 Å². The number of aromatic amines is 1. The lowest BCUT2D eigenvalue weighted by molar-refractivity contribution is 0.177. The van der Waals surface area contributed by atoms with Crippen molar-refractivity contribution in [2.24, 2.45) is 0 Å². The van der Waals surface area contributed by atoms with Gasteiger partial charge in [-0.1, -0.05) is 6.07 Å². The molecule has 0 spiro atoms. The van der Waals surface area contributed by atoms with Crippen LogP contribution < -0.4 is 5.32 Å². The maximum Gasteiger partial charge on any atom is 0.407 e. The number of likely N-dealkylation sites (N-methyl/N-ethyl adjacent to an activating group) is 1. The van der Waals surface area contributed by atoms with Crippen LogP contribution in [-0.2, 0) is 17.6 Å². The standard InChI is InChI=1S/C16H21N3O2/c1-19(2)6-5-12-9-17-15-4-3-11(8-14(12)15)7-13-10-21-16(20)18-13/h3-4,8-9,13,17H,5-7,10H2,1-2H3,(H,18,20)/t13-/m0/s1/i1D3,6D2. The molecule has 1 saturated heterocycles. The Morgan fingerprint density at radius 1 is 1.57 bits per heavy atom. The van der Waals surface area contributed by atoms with E-state index in [-0.39, 0.29) is 12.5 Å². The van der Waals surface area contributed by atoms with Gasteiger partial charge in [0.25, 0.3) is 0 Å². The van der Waals surface area contributed by atoms with E-state index < -0.39 is 19.6 Å². The number of amides is 1. The second-order valence-electron chi connectivity index (χ2n) is 5.23. The van der Waals surface area contributed by atoms with E-state index in [1.807, 2.05) is 18.2 Å². The van der Waals surface area contributed by atoms with Crippen molar-refractivity contribution >= 4 is 17.0 Å². The van der Waals surface area contributed by atoms with Crippen molar-refractivity contribution in [3.05, 3.63) is 35.5 Å². The van der Waals surface area contributed by atoms with Crippen LogP contribution in [0.2, 0.25) is 0 Å². The Balaban J connectivity index is 1.83. The van der Waals surface area contributed by atoms with Gasteiger partial charge < -0.3 is 19.9 Å². The topological polar surface area (TPSA) is 57.4 Å². The van der Waals surface area contributed by atoms with Crippen molar-refractivity contribution in [1.82, 2.24) is 15.2 Å². The number of aryl methyl sites for hydroxylation is 1. The molecule has 0 unspecified atom stereocenters. The molecular formula is C16H21N3O2. The van der Waals surface area contributed by atoms with E-state index in [1.54, 1.807) is 6.20 Å². The van der Waals surface area contributed by atoms with E-state index in [9.17, 15) is 4.79 Å².